The number of fused-ring (bicyclic) bond motifs is 1. The van der Waals surface area contributed by atoms with Gasteiger partial charge in [-0.05, 0) is 12.1 Å². The molecule has 58 valence electrons. The van der Waals surface area contributed by atoms with Gasteiger partial charge in [0.2, 0.25) is 0 Å². The molecule has 1 aromatic carbocycles. The van der Waals surface area contributed by atoms with Crippen LogP contribution in [0.3, 0.4) is 0 Å². The maximum absolute atomic E-state index is 5.71. The molecule has 1 aromatic rings. The number of hydrogen-bond donors (Lipinski definition) is 3. The van der Waals surface area contributed by atoms with Gasteiger partial charge in [-0.15, -0.1) is 0 Å². The van der Waals surface area contributed by atoms with Crippen molar-refractivity contribution in [3.63, 3.8) is 0 Å². The van der Waals surface area contributed by atoms with Gasteiger partial charge >= 0.3 is 0 Å². The molecule has 0 saturated carbocycles. The Labute approximate surface area is 73.1 Å². The second-order valence-electron chi connectivity index (χ2n) is 2.48. The van der Waals surface area contributed by atoms with E-state index < -0.39 is 0 Å². The molecule has 0 saturated heterocycles. The van der Waals surface area contributed by atoms with Crippen LogP contribution in [0.4, 0.5) is 5.69 Å². The van der Waals surface area contributed by atoms with Crippen molar-refractivity contribution in [1.82, 2.24) is 5.43 Å². The molecule has 0 aliphatic carbocycles. The van der Waals surface area contributed by atoms with Crippen LogP contribution >= 0.6 is 15.9 Å². The Morgan fingerprint density at radius 1 is 1.45 bits per heavy atom. The summed E-state index contributed by atoms with van der Waals surface area (Å²) in [5.74, 6) is 0. The zero-order chi connectivity index (χ0) is 7.84. The Kier molecular flexibility index (Phi) is 1.60. The van der Waals surface area contributed by atoms with E-state index in [1.165, 1.54) is 0 Å². The van der Waals surface area contributed by atoms with E-state index in [4.69, 9.17) is 5.73 Å². The number of anilines is 1. The monoisotopic (exact) mass is 213 g/mol. The molecule has 3 nitrogen and oxygen atoms in total. The molecular formula is C7H8BrN3. The molecule has 0 amide bonds. The summed E-state index contributed by atoms with van der Waals surface area (Å²) in [6.07, 6.45) is -0.0851. The van der Waals surface area contributed by atoms with Crippen molar-refractivity contribution in [2.75, 3.05) is 5.43 Å². The molecule has 0 aromatic heterocycles. The number of nitrogens with one attached hydrogen (secondary N) is 2. The highest BCUT2D eigenvalue weighted by molar-refractivity contribution is 9.10. The Morgan fingerprint density at radius 2 is 2.27 bits per heavy atom. The maximum Gasteiger partial charge on any atom is 0.100 e. The molecule has 4 heteroatoms. The molecule has 1 atom stereocenters. The fourth-order valence-corrected chi connectivity index (χ4v) is 1.50. The number of halogens is 1. The second-order valence-corrected chi connectivity index (χ2v) is 3.39. The summed E-state index contributed by atoms with van der Waals surface area (Å²) in [7, 11) is 0. The minimum atomic E-state index is -0.0851. The van der Waals surface area contributed by atoms with Gasteiger partial charge < -0.3 is 11.2 Å². The van der Waals surface area contributed by atoms with Crippen LogP contribution in [0.15, 0.2) is 22.7 Å². The van der Waals surface area contributed by atoms with Gasteiger partial charge in [0.05, 0.1) is 5.69 Å². The van der Waals surface area contributed by atoms with Gasteiger partial charge in [-0.3, -0.25) is 0 Å². The van der Waals surface area contributed by atoms with Crippen LogP contribution in [0.5, 0.6) is 0 Å². The molecule has 1 aliphatic rings. The maximum atomic E-state index is 5.71. The van der Waals surface area contributed by atoms with Crippen LogP contribution in [-0.2, 0) is 0 Å². The third-order valence-corrected chi connectivity index (χ3v) is 2.21. The smallest absolute Gasteiger partial charge is 0.100 e. The molecule has 4 N–H and O–H groups in total. The minimum Gasteiger partial charge on any atom is -0.319 e. The standard InChI is InChI=1S/C7H8BrN3/c8-4-1-2-5-6(3-4)10-11-7(5)9/h1-3,7,10-11H,9H2. The number of hydrazine groups is 1. The Bertz CT molecular complexity index is 287. The minimum absolute atomic E-state index is 0.0851. The second kappa shape index (κ2) is 2.48. The lowest BCUT2D eigenvalue weighted by Gasteiger charge is -2.00. The lowest BCUT2D eigenvalue weighted by Crippen LogP contribution is -2.25. The van der Waals surface area contributed by atoms with E-state index in [2.05, 4.69) is 26.8 Å². The Hall–Kier alpha value is -0.580. The molecule has 2 rings (SSSR count). The van der Waals surface area contributed by atoms with Crippen LogP contribution in [-0.4, -0.2) is 0 Å². The lowest BCUT2D eigenvalue weighted by atomic mass is 10.2. The van der Waals surface area contributed by atoms with E-state index in [0.717, 1.165) is 15.7 Å². The highest BCUT2D eigenvalue weighted by atomic mass is 79.9. The number of nitrogens with two attached hydrogens (primary N) is 1. The van der Waals surface area contributed by atoms with Gasteiger partial charge in [-0.25, -0.2) is 5.43 Å². The number of hydrogen-bond acceptors (Lipinski definition) is 3. The van der Waals surface area contributed by atoms with E-state index in [-0.39, 0.29) is 6.17 Å². The van der Waals surface area contributed by atoms with Gasteiger partial charge in [0.15, 0.2) is 0 Å². The summed E-state index contributed by atoms with van der Waals surface area (Å²) in [6.45, 7) is 0. The quantitative estimate of drug-likeness (QED) is 0.610. The summed E-state index contributed by atoms with van der Waals surface area (Å²) in [5.41, 5.74) is 13.8. The van der Waals surface area contributed by atoms with E-state index in [1.807, 2.05) is 18.2 Å². The molecule has 11 heavy (non-hydrogen) atoms. The molecule has 1 heterocycles. The molecule has 1 aliphatic heterocycles. The fourth-order valence-electron chi connectivity index (χ4n) is 1.14. The van der Waals surface area contributed by atoms with Gasteiger partial charge in [0.25, 0.3) is 0 Å². The van der Waals surface area contributed by atoms with Crippen molar-refractivity contribution in [2.24, 2.45) is 5.73 Å². The predicted octanol–water partition coefficient (Wildman–Crippen LogP) is 1.34. The van der Waals surface area contributed by atoms with Crippen molar-refractivity contribution in [3.05, 3.63) is 28.2 Å². The van der Waals surface area contributed by atoms with Crippen molar-refractivity contribution < 1.29 is 0 Å². The zero-order valence-electron chi connectivity index (χ0n) is 5.76. The van der Waals surface area contributed by atoms with E-state index in [9.17, 15) is 0 Å². The van der Waals surface area contributed by atoms with Crippen molar-refractivity contribution in [3.8, 4) is 0 Å². The third kappa shape index (κ3) is 1.13. The van der Waals surface area contributed by atoms with Gasteiger partial charge in [0, 0.05) is 10.0 Å². The average molecular weight is 214 g/mol. The van der Waals surface area contributed by atoms with Crippen LogP contribution in [0.25, 0.3) is 0 Å². The molecule has 0 bridgehead atoms. The van der Waals surface area contributed by atoms with Crippen LogP contribution < -0.4 is 16.6 Å². The van der Waals surface area contributed by atoms with Crippen molar-refractivity contribution in [1.29, 1.82) is 0 Å². The van der Waals surface area contributed by atoms with Gasteiger partial charge in [-0.1, -0.05) is 22.0 Å². The topological polar surface area (TPSA) is 50.1 Å². The summed E-state index contributed by atoms with van der Waals surface area (Å²) < 4.78 is 1.06. The predicted molar refractivity (Wildman–Crippen MR) is 47.8 cm³/mol. The summed E-state index contributed by atoms with van der Waals surface area (Å²) >= 11 is 3.38. The van der Waals surface area contributed by atoms with Gasteiger partial charge in [0.1, 0.15) is 6.17 Å². The first-order chi connectivity index (χ1) is 5.27. The summed E-state index contributed by atoms with van der Waals surface area (Å²) in [5, 5.41) is 0. The highest BCUT2D eigenvalue weighted by Gasteiger charge is 2.16. The Morgan fingerprint density at radius 3 is 3.09 bits per heavy atom. The van der Waals surface area contributed by atoms with Crippen LogP contribution in [0.2, 0.25) is 0 Å². The highest BCUT2D eigenvalue weighted by Crippen LogP contribution is 2.27. The van der Waals surface area contributed by atoms with E-state index in [0.29, 0.717) is 0 Å². The first-order valence-corrected chi connectivity index (χ1v) is 4.13. The van der Waals surface area contributed by atoms with E-state index in [1.54, 1.807) is 0 Å². The van der Waals surface area contributed by atoms with Crippen molar-refractivity contribution >= 4 is 21.6 Å². The largest absolute Gasteiger partial charge is 0.319 e. The van der Waals surface area contributed by atoms with E-state index >= 15 is 0 Å². The molecule has 0 spiro atoms. The SMILES string of the molecule is NC1NNc2cc(Br)ccc21. The van der Waals surface area contributed by atoms with Crippen molar-refractivity contribution in [2.45, 2.75) is 6.17 Å². The molecule has 1 unspecified atom stereocenters. The molecule has 0 fully saturated rings. The average Bonchev–Trinajstić information content (AvgIpc) is 2.32. The zero-order valence-corrected chi connectivity index (χ0v) is 7.35. The first kappa shape index (κ1) is 7.09. The molecular weight excluding hydrogens is 206 g/mol. The fraction of sp³-hybridized carbons (Fsp3) is 0.143. The van der Waals surface area contributed by atoms with Gasteiger partial charge in [-0.2, -0.15) is 0 Å². The summed E-state index contributed by atoms with van der Waals surface area (Å²) in [4.78, 5) is 0. The lowest BCUT2D eigenvalue weighted by molar-refractivity contribution is 0.655. The number of benzene rings is 1. The summed E-state index contributed by atoms with van der Waals surface area (Å²) in [6, 6.07) is 5.97. The third-order valence-electron chi connectivity index (χ3n) is 1.71. The van der Waals surface area contributed by atoms with Crippen LogP contribution in [0, 0.1) is 0 Å². The normalized spacial score (nSPS) is 21.1. The Balaban J connectivity index is 2.50. The number of rotatable bonds is 0. The molecule has 0 radical (unpaired) electrons. The van der Waals surface area contributed by atoms with Crippen LogP contribution in [0.1, 0.15) is 11.7 Å². The first-order valence-electron chi connectivity index (χ1n) is 3.34.